The van der Waals surface area contributed by atoms with Crippen LogP contribution in [0.15, 0.2) is 75.6 Å². The second kappa shape index (κ2) is 8.15. The standard InChI is InChI=1S/C24H19BrFN3O2/c25-18-4-1-2-5-19(18)28-24(30)29-13-3-6-21(29)23-27-20-14-16(9-12-22(20)31-23)15-7-10-17(26)11-8-15/h1-2,4-5,7-12,14,21H,3,6,13H2,(H,28,30)/t21-/m1/s1. The van der Waals surface area contributed by atoms with Gasteiger partial charge in [0.1, 0.15) is 17.4 Å². The van der Waals surface area contributed by atoms with Gasteiger partial charge < -0.3 is 14.6 Å². The fraction of sp³-hybridized carbons (Fsp3) is 0.167. The third kappa shape index (κ3) is 3.93. The van der Waals surface area contributed by atoms with Crippen LogP contribution in [0.1, 0.15) is 24.8 Å². The Hall–Kier alpha value is -3.19. The van der Waals surface area contributed by atoms with E-state index in [1.54, 1.807) is 17.0 Å². The van der Waals surface area contributed by atoms with Crippen LogP contribution in [0.5, 0.6) is 0 Å². The molecule has 1 N–H and O–H groups in total. The molecule has 31 heavy (non-hydrogen) atoms. The number of para-hydroxylation sites is 1. The van der Waals surface area contributed by atoms with E-state index in [2.05, 4.69) is 26.2 Å². The summed E-state index contributed by atoms with van der Waals surface area (Å²) in [7, 11) is 0. The number of oxazole rings is 1. The van der Waals surface area contributed by atoms with E-state index in [1.807, 2.05) is 42.5 Å². The maximum atomic E-state index is 13.2. The zero-order chi connectivity index (χ0) is 21.4. The number of carbonyl (C=O) groups excluding carboxylic acids is 1. The highest BCUT2D eigenvalue weighted by molar-refractivity contribution is 9.10. The van der Waals surface area contributed by atoms with Crippen LogP contribution in [0.3, 0.4) is 0 Å². The number of carbonyl (C=O) groups is 1. The number of benzene rings is 3. The lowest BCUT2D eigenvalue weighted by Crippen LogP contribution is -2.34. The second-order valence-corrected chi connectivity index (χ2v) is 8.36. The van der Waals surface area contributed by atoms with Gasteiger partial charge in [0.05, 0.1) is 5.69 Å². The van der Waals surface area contributed by atoms with Crippen molar-refractivity contribution in [2.24, 2.45) is 0 Å². The second-order valence-electron chi connectivity index (χ2n) is 7.50. The van der Waals surface area contributed by atoms with Crippen LogP contribution in [0.25, 0.3) is 22.2 Å². The Kier molecular flexibility index (Phi) is 5.19. The molecule has 7 heteroatoms. The predicted octanol–water partition coefficient (Wildman–Crippen LogP) is 6.77. The SMILES string of the molecule is O=C(Nc1ccccc1Br)N1CCC[C@@H]1c1nc2cc(-c3ccc(F)cc3)ccc2o1. The van der Waals surface area contributed by atoms with Crippen LogP contribution >= 0.6 is 15.9 Å². The van der Waals surface area contributed by atoms with Crippen LogP contribution in [0.4, 0.5) is 14.9 Å². The summed E-state index contributed by atoms with van der Waals surface area (Å²) in [5, 5.41) is 2.96. The predicted molar refractivity (Wildman–Crippen MR) is 121 cm³/mol. The highest BCUT2D eigenvalue weighted by Crippen LogP contribution is 2.35. The van der Waals surface area contributed by atoms with Gasteiger partial charge >= 0.3 is 6.03 Å². The summed E-state index contributed by atoms with van der Waals surface area (Å²) in [5.41, 5.74) is 3.94. The van der Waals surface area contributed by atoms with Crippen molar-refractivity contribution in [3.8, 4) is 11.1 Å². The number of rotatable bonds is 3. The zero-order valence-corrected chi connectivity index (χ0v) is 18.1. The topological polar surface area (TPSA) is 58.4 Å². The van der Waals surface area contributed by atoms with E-state index in [0.717, 1.165) is 39.6 Å². The summed E-state index contributed by atoms with van der Waals surface area (Å²) in [6.07, 6.45) is 1.68. The van der Waals surface area contributed by atoms with Gasteiger partial charge in [-0.15, -0.1) is 0 Å². The Balaban J connectivity index is 1.40. The van der Waals surface area contributed by atoms with Gasteiger partial charge in [0.25, 0.3) is 0 Å². The minimum absolute atomic E-state index is 0.177. The van der Waals surface area contributed by atoms with Crippen LogP contribution < -0.4 is 5.32 Å². The first-order valence-corrected chi connectivity index (χ1v) is 10.9. The van der Waals surface area contributed by atoms with Gasteiger partial charge in [-0.3, -0.25) is 0 Å². The zero-order valence-electron chi connectivity index (χ0n) is 16.5. The number of fused-ring (bicyclic) bond motifs is 1. The molecule has 1 aliphatic rings. The monoisotopic (exact) mass is 479 g/mol. The van der Waals surface area contributed by atoms with Gasteiger partial charge in [-0.1, -0.05) is 30.3 Å². The first kappa shape index (κ1) is 19.8. The fourth-order valence-corrected chi connectivity index (χ4v) is 4.31. The van der Waals surface area contributed by atoms with E-state index in [0.29, 0.717) is 18.0 Å². The molecular weight excluding hydrogens is 461 g/mol. The Bertz CT molecular complexity index is 1260. The number of aromatic nitrogens is 1. The van der Waals surface area contributed by atoms with Crippen LogP contribution in [-0.2, 0) is 0 Å². The minimum atomic E-state index is -0.268. The number of halogens is 2. The van der Waals surface area contributed by atoms with Crippen molar-refractivity contribution in [2.45, 2.75) is 18.9 Å². The number of urea groups is 1. The van der Waals surface area contributed by atoms with Crippen molar-refractivity contribution in [2.75, 3.05) is 11.9 Å². The van der Waals surface area contributed by atoms with Crippen molar-refractivity contribution >= 4 is 38.7 Å². The molecule has 2 amide bonds. The molecule has 0 spiro atoms. The number of hydrogen-bond donors (Lipinski definition) is 1. The molecule has 0 radical (unpaired) electrons. The molecule has 0 bridgehead atoms. The van der Waals surface area contributed by atoms with Gasteiger partial charge in [0, 0.05) is 11.0 Å². The average Bonchev–Trinajstić information content (AvgIpc) is 3.42. The number of nitrogens with one attached hydrogen (secondary N) is 1. The smallest absolute Gasteiger partial charge is 0.322 e. The molecule has 2 heterocycles. The van der Waals surface area contributed by atoms with Gasteiger partial charge in [-0.25, -0.2) is 14.2 Å². The number of nitrogens with zero attached hydrogens (tertiary/aromatic N) is 2. The normalized spacial score (nSPS) is 16.1. The Morgan fingerprint density at radius 2 is 1.87 bits per heavy atom. The summed E-state index contributed by atoms with van der Waals surface area (Å²) >= 11 is 3.46. The third-order valence-corrected chi connectivity index (χ3v) is 6.19. The molecule has 5 nitrogen and oxygen atoms in total. The van der Waals surface area contributed by atoms with Gasteiger partial charge in [0.15, 0.2) is 5.58 Å². The van der Waals surface area contributed by atoms with E-state index in [9.17, 15) is 9.18 Å². The molecule has 5 rings (SSSR count). The van der Waals surface area contributed by atoms with E-state index in [-0.39, 0.29) is 17.9 Å². The molecular formula is C24H19BrFN3O2. The highest BCUT2D eigenvalue weighted by atomic mass is 79.9. The summed E-state index contributed by atoms with van der Waals surface area (Å²) in [5.74, 6) is 0.265. The molecule has 4 aromatic rings. The molecule has 1 aromatic heterocycles. The van der Waals surface area contributed by atoms with E-state index >= 15 is 0 Å². The minimum Gasteiger partial charge on any atom is -0.438 e. The van der Waals surface area contributed by atoms with E-state index in [4.69, 9.17) is 4.42 Å². The van der Waals surface area contributed by atoms with Crippen molar-refractivity contribution in [3.63, 3.8) is 0 Å². The van der Waals surface area contributed by atoms with Crippen molar-refractivity contribution in [1.82, 2.24) is 9.88 Å². The molecule has 1 atom stereocenters. The van der Waals surface area contributed by atoms with Crippen LogP contribution in [0.2, 0.25) is 0 Å². The first-order chi connectivity index (χ1) is 15.1. The first-order valence-electron chi connectivity index (χ1n) is 10.1. The van der Waals surface area contributed by atoms with E-state index in [1.165, 1.54) is 12.1 Å². The van der Waals surface area contributed by atoms with Crippen molar-refractivity contribution in [1.29, 1.82) is 0 Å². The molecule has 3 aromatic carbocycles. The van der Waals surface area contributed by atoms with Crippen LogP contribution in [-0.4, -0.2) is 22.5 Å². The summed E-state index contributed by atoms with van der Waals surface area (Å²) in [6.45, 7) is 0.639. The maximum Gasteiger partial charge on any atom is 0.322 e. The molecule has 0 aliphatic carbocycles. The fourth-order valence-electron chi connectivity index (χ4n) is 3.93. The molecule has 1 fully saturated rings. The Morgan fingerprint density at radius 1 is 1.10 bits per heavy atom. The number of likely N-dealkylation sites (tertiary alicyclic amines) is 1. The van der Waals surface area contributed by atoms with Gasteiger partial charge in [-0.2, -0.15) is 0 Å². The maximum absolute atomic E-state index is 13.2. The highest BCUT2D eigenvalue weighted by Gasteiger charge is 2.33. The van der Waals surface area contributed by atoms with E-state index < -0.39 is 0 Å². The number of hydrogen-bond acceptors (Lipinski definition) is 3. The largest absolute Gasteiger partial charge is 0.438 e. The molecule has 0 unspecified atom stereocenters. The molecule has 0 saturated carbocycles. The molecule has 1 aliphatic heterocycles. The molecule has 156 valence electrons. The number of anilines is 1. The average molecular weight is 480 g/mol. The van der Waals surface area contributed by atoms with Gasteiger partial charge in [-0.05, 0) is 76.3 Å². The lowest BCUT2D eigenvalue weighted by Gasteiger charge is -2.23. The van der Waals surface area contributed by atoms with Gasteiger partial charge in [0.2, 0.25) is 5.89 Å². The summed E-state index contributed by atoms with van der Waals surface area (Å²) < 4.78 is 20.1. The quantitative estimate of drug-likeness (QED) is 0.352. The van der Waals surface area contributed by atoms with Crippen LogP contribution in [0, 0.1) is 5.82 Å². The Morgan fingerprint density at radius 3 is 2.68 bits per heavy atom. The molecule has 1 saturated heterocycles. The summed E-state index contributed by atoms with van der Waals surface area (Å²) in [4.78, 5) is 19.4. The van der Waals surface area contributed by atoms with Crippen molar-refractivity contribution in [3.05, 3.63) is 82.9 Å². The third-order valence-electron chi connectivity index (χ3n) is 5.50. The lowest BCUT2D eigenvalue weighted by atomic mass is 10.1. The Labute approximate surface area is 187 Å². The van der Waals surface area contributed by atoms with Crippen molar-refractivity contribution < 1.29 is 13.6 Å². The number of amides is 2. The summed E-state index contributed by atoms with van der Waals surface area (Å²) in [6, 6.07) is 19.2. The lowest BCUT2D eigenvalue weighted by molar-refractivity contribution is 0.199.